The van der Waals surface area contributed by atoms with E-state index in [1.165, 1.54) is 6.20 Å². The molecule has 3 atom stereocenters. The Bertz CT molecular complexity index is 1680. The highest BCUT2D eigenvalue weighted by Gasteiger charge is 2.73. The Morgan fingerprint density at radius 2 is 1.85 bits per heavy atom. The van der Waals surface area contributed by atoms with Crippen LogP contribution in [0.4, 0.5) is 10.1 Å². The van der Waals surface area contributed by atoms with Crippen molar-refractivity contribution in [2.75, 3.05) is 5.32 Å². The van der Waals surface area contributed by atoms with Gasteiger partial charge in [-0.2, -0.15) is 0 Å². The first-order chi connectivity index (χ1) is 22.0. The normalized spacial score (nSPS) is 29.6. The van der Waals surface area contributed by atoms with Crippen LogP contribution in [0.25, 0.3) is 0 Å². The van der Waals surface area contributed by atoms with Crippen molar-refractivity contribution in [3.8, 4) is 0 Å². The minimum Gasteiger partial charge on any atom is -0.422 e. The summed E-state index contributed by atoms with van der Waals surface area (Å²) in [7, 11) is 0. The molecule has 2 amide bonds. The minimum atomic E-state index is -1.32. The van der Waals surface area contributed by atoms with Gasteiger partial charge in [-0.25, -0.2) is 9.37 Å². The van der Waals surface area contributed by atoms with Crippen LogP contribution in [0.5, 0.6) is 0 Å². The van der Waals surface area contributed by atoms with Gasteiger partial charge in [0.15, 0.2) is 11.0 Å². The summed E-state index contributed by atoms with van der Waals surface area (Å²) in [5.41, 5.74) is -0.686. The van der Waals surface area contributed by atoms with Crippen LogP contribution >= 0.6 is 23.2 Å². The third-order valence-corrected chi connectivity index (χ3v) is 11.5. The molecule has 2 aromatic heterocycles. The molecule has 46 heavy (non-hydrogen) atoms. The molecule has 3 aromatic rings. The van der Waals surface area contributed by atoms with Gasteiger partial charge in [0.2, 0.25) is 23.6 Å². The topological polar surface area (TPSA) is 142 Å². The molecule has 0 unspecified atom stereocenters. The zero-order valence-electron chi connectivity index (χ0n) is 25.7. The number of pyridine rings is 1. The van der Waals surface area contributed by atoms with Crippen molar-refractivity contribution >= 4 is 40.7 Å². The van der Waals surface area contributed by atoms with Gasteiger partial charge < -0.3 is 20.2 Å². The smallest absolute Gasteiger partial charge is 0.241 e. The van der Waals surface area contributed by atoms with E-state index < -0.39 is 28.7 Å². The van der Waals surface area contributed by atoms with E-state index in [1.807, 2.05) is 6.07 Å². The summed E-state index contributed by atoms with van der Waals surface area (Å²) in [6, 6.07) is 5.76. The number of benzene rings is 1. The number of fused-ring (bicyclic) bond motifs is 3. The van der Waals surface area contributed by atoms with Crippen LogP contribution in [0.1, 0.15) is 100.0 Å². The monoisotopic (exact) mass is 670 g/mol. The highest BCUT2D eigenvalue weighted by molar-refractivity contribution is 6.31. The van der Waals surface area contributed by atoms with Crippen LogP contribution < -0.4 is 16.0 Å². The summed E-state index contributed by atoms with van der Waals surface area (Å²) in [4.78, 5) is 33.0. The van der Waals surface area contributed by atoms with E-state index in [2.05, 4.69) is 45.0 Å². The van der Waals surface area contributed by atoms with E-state index in [-0.39, 0.29) is 52.4 Å². The lowest BCUT2D eigenvalue weighted by atomic mass is 9.53. The lowest BCUT2D eigenvalue weighted by Gasteiger charge is -2.50. The molecule has 2 saturated carbocycles. The minimum absolute atomic E-state index is 0.0361. The van der Waals surface area contributed by atoms with Crippen molar-refractivity contribution in [3.05, 3.63) is 69.4 Å². The second kappa shape index (κ2) is 11.5. The third kappa shape index (κ3) is 4.93. The van der Waals surface area contributed by atoms with Gasteiger partial charge in [0.05, 0.1) is 6.04 Å². The average molecular weight is 672 g/mol. The van der Waals surface area contributed by atoms with Crippen LogP contribution in [-0.4, -0.2) is 49.7 Å². The average Bonchev–Trinajstić information content (AvgIpc) is 3.71. The van der Waals surface area contributed by atoms with E-state index in [0.717, 1.165) is 12.8 Å². The van der Waals surface area contributed by atoms with Crippen molar-refractivity contribution in [2.45, 2.75) is 107 Å². The quantitative estimate of drug-likeness (QED) is 0.260. The molecule has 4 aliphatic rings. The lowest BCUT2D eigenvalue weighted by molar-refractivity contribution is -0.125. The lowest BCUT2D eigenvalue weighted by Crippen LogP contribution is -2.61. The Labute approximate surface area is 276 Å². The summed E-state index contributed by atoms with van der Waals surface area (Å²) in [6.07, 6.45) is 7.06. The first-order valence-corrected chi connectivity index (χ1v) is 16.7. The molecule has 4 heterocycles. The van der Waals surface area contributed by atoms with E-state index in [1.54, 1.807) is 18.2 Å². The number of nitrogens with one attached hydrogen (secondary N) is 3. The second-order valence-electron chi connectivity index (χ2n) is 14.1. The zero-order chi connectivity index (χ0) is 32.4. The predicted octanol–water partition coefficient (Wildman–Crippen LogP) is 5.53. The second-order valence-corrected chi connectivity index (χ2v) is 14.8. The zero-order valence-corrected chi connectivity index (χ0v) is 27.2. The molecule has 1 aromatic carbocycles. The van der Waals surface area contributed by atoms with Gasteiger partial charge in [0, 0.05) is 40.3 Å². The number of carbonyl (C=O) groups is 2. The molecular weight excluding hydrogens is 634 g/mol. The summed E-state index contributed by atoms with van der Waals surface area (Å²) in [6.45, 7) is 4.11. The fraction of sp³-hybridized carbons (Fsp3) is 0.545. The van der Waals surface area contributed by atoms with Crippen molar-refractivity contribution in [2.24, 2.45) is 5.41 Å². The molecule has 10 nitrogen and oxygen atoms in total. The van der Waals surface area contributed by atoms with Crippen LogP contribution in [0.15, 0.2) is 34.9 Å². The van der Waals surface area contributed by atoms with E-state index in [4.69, 9.17) is 27.6 Å². The number of aromatic nitrogens is 3. The Hall–Kier alpha value is -3.12. The first kappa shape index (κ1) is 31.5. The Morgan fingerprint density at radius 3 is 2.54 bits per heavy atom. The standard InChI is InChI=1S/C33H37Cl2FN6O4/c1-31(2)10-12-32(13-11-31)33(21-8-5-18(34)15-22(21)39-30(33)45)24(20-9-14-37-27(35)25(20)36)26(40-32)28(44)38-19-6-3-17(4-7-19)29-42-41-23(16-43)46-29/h5,8-9,14-15,17,19,24,26,40,43H,3-4,6-7,10-13,16H2,1-2H3,(H,38,44)(H,39,45)/t17?,19?,24-,26+,33+/m0/s1. The molecule has 1 saturated heterocycles. The first-order valence-electron chi connectivity index (χ1n) is 15.9. The summed E-state index contributed by atoms with van der Waals surface area (Å²) >= 11 is 12.6. The number of aliphatic hydroxyl groups is 1. The fourth-order valence-corrected chi connectivity index (χ4v) is 8.94. The molecule has 4 N–H and O–H groups in total. The van der Waals surface area contributed by atoms with Gasteiger partial charge in [0.25, 0.3) is 0 Å². The van der Waals surface area contributed by atoms with Gasteiger partial charge in [-0.15, -0.1) is 10.2 Å². The largest absolute Gasteiger partial charge is 0.422 e. The number of nitrogens with zero attached hydrogens (tertiary/aromatic N) is 3. The summed E-state index contributed by atoms with van der Waals surface area (Å²) < 4.78 is 21.7. The molecular formula is C33H37Cl2FN6O4. The van der Waals surface area contributed by atoms with Crippen molar-refractivity contribution < 1.29 is 23.5 Å². The predicted molar refractivity (Wildman–Crippen MR) is 169 cm³/mol. The van der Waals surface area contributed by atoms with Crippen LogP contribution in [0.3, 0.4) is 0 Å². The molecule has 2 spiro atoms. The number of amides is 2. The molecule has 2 aliphatic carbocycles. The van der Waals surface area contributed by atoms with Gasteiger partial charge in [-0.3, -0.25) is 14.9 Å². The van der Waals surface area contributed by atoms with Crippen LogP contribution in [0.2, 0.25) is 10.2 Å². The maximum Gasteiger partial charge on any atom is 0.241 e. The maximum absolute atomic E-state index is 16.1. The van der Waals surface area contributed by atoms with Gasteiger partial charge in [-0.05, 0) is 86.1 Å². The molecule has 2 aliphatic heterocycles. The van der Waals surface area contributed by atoms with Crippen LogP contribution in [-0.2, 0) is 21.6 Å². The van der Waals surface area contributed by atoms with E-state index in [9.17, 15) is 14.7 Å². The molecule has 13 heteroatoms. The molecule has 0 bridgehead atoms. The van der Waals surface area contributed by atoms with Gasteiger partial charge in [0.1, 0.15) is 12.0 Å². The number of halogens is 3. The highest BCUT2D eigenvalue weighted by Crippen LogP contribution is 2.64. The Morgan fingerprint density at radius 1 is 1.11 bits per heavy atom. The number of rotatable bonds is 5. The number of aliphatic hydroxyl groups excluding tert-OH is 1. The summed E-state index contributed by atoms with van der Waals surface area (Å²) in [5, 5.41) is 27.4. The number of hydrogen-bond acceptors (Lipinski definition) is 8. The number of anilines is 1. The number of carbonyl (C=O) groups excluding carboxylic acids is 2. The number of hydrogen-bond donors (Lipinski definition) is 4. The van der Waals surface area contributed by atoms with Crippen molar-refractivity contribution in [1.29, 1.82) is 0 Å². The maximum atomic E-state index is 16.1. The van der Waals surface area contributed by atoms with Crippen molar-refractivity contribution in [3.63, 3.8) is 0 Å². The van der Waals surface area contributed by atoms with Crippen LogP contribution in [0, 0.1) is 11.2 Å². The molecule has 7 rings (SSSR count). The molecule has 3 fully saturated rings. The Kier molecular flexibility index (Phi) is 7.90. The molecule has 244 valence electrons. The van der Waals surface area contributed by atoms with E-state index in [0.29, 0.717) is 60.7 Å². The Balaban J connectivity index is 1.28. The fourth-order valence-electron chi connectivity index (χ4n) is 8.60. The summed E-state index contributed by atoms with van der Waals surface area (Å²) in [5.74, 6) is -1.53. The SMILES string of the molecule is CC1(C)CCC2(CC1)N[C@@H](C(=O)NC1CCC(c3nnc(CO)o3)CC1)[C@H](c1ccnc(Cl)c1F)[C@]21C(=O)Nc2cc(Cl)ccc21. The third-order valence-electron chi connectivity index (χ3n) is 11.0. The van der Waals surface area contributed by atoms with Gasteiger partial charge in [-0.1, -0.05) is 43.1 Å². The molecule has 0 radical (unpaired) electrons. The van der Waals surface area contributed by atoms with Crippen molar-refractivity contribution in [1.82, 2.24) is 25.8 Å². The van der Waals surface area contributed by atoms with E-state index >= 15 is 4.39 Å². The highest BCUT2D eigenvalue weighted by atomic mass is 35.5. The van der Waals surface area contributed by atoms with Gasteiger partial charge >= 0.3 is 0 Å².